The van der Waals surface area contributed by atoms with Crippen LogP contribution in [-0.4, -0.2) is 18.0 Å². The van der Waals surface area contributed by atoms with Crippen LogP contribution in [0.1, 0.15) is 25.7 Å². The van der Waals surface area contributed by atoms with Gasteiger partial charge in [0.15, 0.2) is 0 Å². The third-order valence-corrected chi connectivity index (χ3v) is 3.48. The van der Waals surface area contributed by atoms with E-state index in [1.165, 1.54) is 12.8 Å². The van der Waals surface area contributed by atoms with Crippen LogP contribution in [0.2, 0.25) is 0 Å². The maximum absolute atomic E-state index is 11.1. The van der Waals surface area contributed by atoms with Crippen molar-refractivity contribution in [2.24, 2.45) is 0 Å². The normalized spacial score (nSPS) is 16.1. The molecule has 2 N–H and O–H groups in total. The van der Waals surface area contributed by atoms with Gasteiger partial charge in [-0.1, -0.05) is 18.9 Å². The molecule has 1 aliphatic carbocycles. The first-order valence-electron chi connectivity index (χ1n) is 5.87. The van der Waals surface area contributed by atoms with Crippen molar-refractivity contribution in [3.05, 3.63) is 28.3 Å². The van der Waals surface area contributed by atoms with Gasteiger partial charge in [0.1, 0.15) is 11.4 Å². The van der Waals surface area contributed by atoms with Gasteiger partial charge in [-0.3, -0.25) is 10.1 Å². The van der Waals surface area contributed by atoms with Crippen LogP contribution in [0, 0.1) is 10.1 Å². The monoisotopic (exact) mass is 235 g/mol. The van der Waals surface area contributed by atoms with E-state index in [4.69, 9.17) is 5.73 Å². The standard InChI is InChI=1S/C12H17N3O2/c1-14(9-5-2-3-6-9)11-8-4-7-10(13)12(11)15(16)17/h4,7-9H,2-3,5-6,13H2,1H3. The highest BCUT2D eigenvalue weighted by molar-refractivity contribution is 5.75. The van der Waals surface area contributed by atoms with Gasteiger partial charge in [-0.25, -0.2) is 0 Å². The Labute approximate surface area is 100 Å². The number of nitrogens with zero attached hydrogens (tertiary/aromatic N) is 2. The Kier molecular flexibility index (Phi) is 3.17. The Hall–Kier alpha value is -1.78. The minimum absolute atomic E-state index is 0.0295. The van der Waals surface area contributed by atoms with Crippen LogP contribution in [-0.2, 0) is 0 Å². The largest absolute Gasteiger partial charge is 0.393 e. The highest BCUT2D eigenvalue weighted by Gasteiger charge is 2.26. The summed E-state index contributed by atoms with van der Waals surface area (Å²) in [6, 6.07) is 5.51. The minimum atomic E-state index is -0.393. The molecule has 1 saturated carbocycles. The van der Waals surface area contributed by atoms with Crippen molar-refractivity contribution in [1.82, 2.24) is 0 Å². The molecular weight excluding hydrogens is 218 g/mol. The summed E-state index contributed by atoms with van der Waals surface area (Å²) in [7, 11) is 1.91. The number of para-hydroxylation sites is 1. The van der Waals surface area contributed by atoms with Crippen molar-refractivity contribution < 1.29 is 4.92 Å². The lowest BCUT2D eigenvalue weighted by Crippen LogP contribution is -2.29. The molecule has 1 aliphatic rings. The fourth-order valence-electron chi connectivity index (χ4n) is 2.52. The Balaban J connectivity index is 2.36. The SMILES string of the molecule is CN(c1cccc(N)c1[N+](=O)[O-])C1CCCC1. The maximum Gasteiger partial charge on any atom is 0.315 e. The lowest BCUT2D eigenvalue weighted by atomic mass is 10.1. The number of benzene rings is 1. The molecule has 0 bridgehead atoms. The molecule has 1 aromatic rings. The van der Waals surface area contributed by atoms with Gasteiger partial charge in [-0.05, 0) is 25.0 Å². The van der Waals surface area contributed by atoms with Crippen molar-refractivity contribution >= 4 is 17.1 Å². The van der Waals surface area contributed by atoms with Gasteiger partial charge in [-0.2, -0.15) is 0 Å². The van der Waals surface area contributed by atoms with Gasteiger partial charge >= 0.3 is 5.69 Å². The van der Waals surface area contributed by atoms with Crippen LogP contribution < -0.4 is 10.6 Å². The quantitative estimate of drug-likeness (QED) is 0.496. The van der Waals surface area contributed by atoms with E-state index in [-0.39, 0.29) is 11.4 Å². The molecule has 0 aliphatic heterocycles. The Morgan fingerprint density at radius 2 is 2.06 bits per heavy atom. The second kappa shape index (κ2) is 4.61. The summed E-state index contributed by atoms with van der Waals surface area (Å²) >= 11 is 0. The van der Waals surface area contributed by atoms with E-state index in [0.717, 1.165) is 12.8 Å². The van der Waals surface area contributed by atoms with Crippen molar-refractivity contribution in [3.8, 4) is 0 Å². The fraction of sp³-hybridized carbons (Fsp3) is 0.500. The van der Waals surface area contributed by atoms with E-state index in [1.54, 1.807) is 18.2 Å². The van der Waals surface area contributed by atoms with Crippen LogP contribution in [0.25, 0.3) is 0 Å². The maximum atomic E-state index is 11.1. The Morgan fingerprint density at radius 1 is 1.41 bits per heavy atom. The van der Waals surface area contributed by atoms with E-state index < -0.39 is 4.92 Å². The van der Waals surface area contributed by atoms with Gasteiger partial charge < -0.3 is 10.6 Å². The van der Waals surface area contributed by atoms with Crippen molar-refractivity contribution in [3.63, 3.8) is 0 Å². The molecule has 0 unspecified atom stereocenters. The molecule has 0 spiro atoms. The zero-order chi connectivity index (χ0) is 12.4. The average molecular weight is 235 g/mol. The zero-order valence-corrected chi connectivity index (χ0v) is 9.93. The summed E-state index contributed by atoms with van der Waals surface area (Å²) < 4.78 is 0. The topological polar surface area (TPSA) is 72.4 Å². The third kappa shape index (κ3) is 2.18. The number of nitro benzene ring substituents is 1. The van der Waals surface area contributed by atoms with Gasteiger partial charge in [0, 0.05) is 13.1 Å². The minimum Gasteiger partial charge on any atom is -0.393 e. The molecule has 0 amide bonds. The van der Waals surface area contributed by atoms with E-state index in [0.29, 0.717) is 11.7 Å². The predicted molar refractivity (Wildman–Crippen MR) is 68.2 cm³/mol. The number of nitrogens with two attached hydrogens (primary N) is 1. The summed E-state index contributed by atoms with van der Waals surface area (Å²) in [4.78, 5) is 12.7. The third-order valence-electron chi connectivity index (χ3n) is 3.48. The molecule has 0 heterocycles. The smallest absolute Gasteiger partial charge is 0.315 e. The molecule has 0 aromatic heterocycles. The summed E-state index contributed by atoms with van der Waals surface area (Å²) in [5.74, 6) is 0. The van der Waals surface area contributed by atoms with Crippen LogP contribution in [0.15, 0.2) is 18.2 Å². The summed E-state index contributed by atoms with van der Waals surface area (Å²) in [6.07, 6.45) is 4.60. The van der Waals surface area contributed by atoms with Gasteiger partial charge in [-0.15, -0.1) is 0 Å². The number of anilines is 2. The first-order chi connectivity index (χ1) is 8.11. The second-order valence-electron chi connectivity index (χ2n) is 4.52. The van der Waals surface area contributed by atoms with Crippen molar-refractivity contribution in [2.75, 3.05) is 17.7 Å². The van der Waals surface area contributed by atoms with E-state index in [1.807, 2.05) is 11.9 Å². The molecule has 0 atom stereocenters. The van der Waals surface area contributed by atoms with E-state index >= 15 is 0 Å². The highest BCUT2D eigenvalue weighted by Crippen LogP contribution is 2.36. The van der Waals surface area contributed by atoms with Gasteiger partial charge in [0.05, 0.1) is 4.92 Å². The summed E-state index contributed by atoms with van der Waals surface area (Å²) in [5.41, 5.74) is 6.58. The van der Waals surface area contributed by atoms with E-state index in [2.05, 4.69) is 0 Å². The van der Waals surface area contributed by atoms with Crippen LogP contribution in [0.3, 0.4) is 0 Å². The molecule has 2 rings (SSSR count). The Morgan fingerprint density at radius 3 is 2.65 bits per heavy atom. The summed E-state index contributed by atoms with van der Waals surface area (Å²) in [5, 5.41) is 11.1. The molecule has 5 nitrogen and oxygen atoms in total. The number of rotatable bonds is 3. The number of nitro groups is 1. The molecule has 17 heavy (non-hydrogen) atoms. The highest BCUT2D eigenvalue weighted by atomic mass is 16.6. The van der Waals surface area contributed by atoms with Gasteiger partial charge in [0.2, 0.25) is 0 Å². The fourth-order valence-corrected chi connectivity index (χ4v) is 2.52. The molecule has 1 aromatic carbocycles. The second-order valence-corrected chi connectivity index (χ2v) is 4.52. The molecular formula is C12H17N3O2. The van der Waals surface area contributed by atoms with Crippen LogP contribution in [0.5, 0.6) is 0 Å². The number of nitrogen functional groups attached to an aromatic ring is 1. The van der Waals surface area contributed by atoms with Crippen LogP contribution in [0.4, 0.5) is 17.1 Å². The molecule has 5 heteroatoms. The summed E-state index contributed by atoms with van der Waals surface area (Å²) in [6.45, 7) is 0. The molecule has 0 radical (unpaired) electrons. The lowest BCUT2D eigenvalue weighted by molar-refractivity contribution is -0.383. The first kappa shape index (κ1) is 11.7. The zero-order valence-electron chi connectivity index (χ0n) is 9.93. The molecule has 1 fully saturated rings. The van der Waals surface area contributed by atoms with Crippen molar-refractivity contribution in [1.29, 1.82) is 0 Å². The van der Waals surface area contributed by atoms with Crippen molar-refractivity contribution in [2.45, 2.75) is 31.7 Å². The van der Waals surface area contributed by atoms with E-state index in [9.17, 15) is 10.1 Å². The van der Waals surface area contributed by atoms with Gasteiger partial charge in [0.25, 0.3) is 0 Å². The number of hydrogen-bond acceptors (Lipinski definition) is 4. The average Bonchev–Trinajstić information content (AvgIpc) is 2.80. The number of hydrogen-bond donors (Lipinski definition) is 1. The molecule has 0 saturated heterocycles. The lowest BCUT2D eigenvalue weighted by Gasteiger charge is -2.26. The Bertz CT molecular complexity index is 428. The predicted octanol–water partition coefficient (Wildman–Crippen LogP) is 2.56. The molecule has 92 valence electrons. The first-order valence-corrected chi connectivity index (χ1v) is 5.87. The van der Waals surface area contributed by atoms with Crippen LogP contribution >= 0.6 is 0 Å².